The van der Waals surface area contributed by atoms with Gasteiger partial charge in [-0.25, -0.2) is 0 Å². The highest BCUT2D eigenvalue weighted by molar-refractivity contribution is 7.48. The number of quaternary nitrogens is 1. The number of benzene rings is 1. The number of hydrogen-bond donors (Lipinski definition) is 1. The van der Waals surface area contributed by atoms with E-state index >= 15 is 0 Å². The maximum atomic E-state index is 11.8. The van der Waals surface area contributed by atoms with Gasteiger partial charge in [0.15, 0.2) is 6.61 Å². The minimum absolute atomic E-state index is 0.465. The van der Waals surface area contributed by atoms with Gasteiger partial charge in [-0.1, -0.05) is 12.1 Å². The minimum atomic E-state index is -1.83. The highest BCUT2D eigenvalue weighted by atomic mass is 31.1. The number of hydrogen-bond acceptors (Lipinski definition) is 3. The maximum absolute atomic E-state index is 11.8. The van der Waals surface area contributed by atoms with E-state index in [0.717, 1.165) is 11.0 Å². The van der Waals surface area contributed by atoms with Gasteiger partial charge in [-0.05, 0) is 16.7 Å². The number of likely N-dealkylation sites (N-methyl/N-ethyl adjacent to an activating group) is 1. The number of rotatable bonds is 5. The molecular formula is C11H19N2O2P+2. The van der Waals surface area contributed by atoms with Crippen molar-refractivity contribution in [3.05, 3.63) is 24.3 Å². The lowest BCUT2D eigenvalue weighted by Gasteiger charge is -2.21. The summed E-state index contributed by atoms with van der Waals surface area (Å²) in [6.45, 7) is 1.28. The quantitative estimate of drug-likeness (QED) is 0.482. The number of para-hydroxylation sites is 1. The van der Waals surface area contributed by atoms with Crippen molar-refractivity contribution in [2.24, 2.45) is 0 Å². The molecule has 0 saturated carbocycles. The molecule has 0 amide bonds. The van der Waals surface area contributed by atoms with Crippen LogP contribution >= 0.6 is 8.03 Å². The van der Waals surface area contributed by atoms with Crippen LogP contribution in [-0.2, 0) is 9.09 Å². The van der Waals surface area contributed by atoms with Crippen LogP contribution in [0.1, 0.15) is 0 Å². The smallest absolute Gasteiger partial charge is 0.395 e. The molecule has 88 valence electrons. The summed E-state index contributed by atoms with van der Waals surface area (Å²) in [6, 6.07) is 7.09. The fourth-order valence-corrected chi connectivity index (χ4v) is 2.00. The Morgan fingerprint density at radius 1 is 1.31 bits per heavy atom. The first-order chi connectivity index (χ1) is 7.40. The fourth-order valence-electron chi connectivity index (χ4n) is 1.12. The van der Waals surface area contributed by atoms with Crippen molar-refractivity contribution in [1.82, 2.24) is 0 Å². The third-order valence-corrected chi connectivity index (χ3v) is 3.32. The molecule has 1 rings (SSSR count). The summed E-state index contributed by atoms with van der Waals surface area (Å²) in [7, 11) is 4.35. The second-order valence-electron chi connectivity index (χ2n) is 4.66. The molecule has 0 fully saturated rings. The van der Waals surface area contributed by atoms with Gasteiger partial charge in [0.1, 0.15) is 6.54 Å². The maximum Gasteiger partial charge on any atom is 0.551 e. The molecule has 0 aromatic heterocycles. The van der Waals surface area contributed by atoms with Crippen LogP contribution in [0, 0.1) is 0 Å². The topological polar surface area (TPSA) is 52.3 Å². The van der Waals surface area contributed by atoms with Gasteiger partial charge in [-0.15, -0.1) is 4.52 Å². The van der Waals surface area contributed by atoms with Crippen molar-refractivity contribution in [3.8, 4) is 0 Å². The summed E-state index contributed by atoms with van der Waals surface area (Å²) in [4.78, 5) is 0. The highest BCUT2D eigenvalue weighted by Gasteiger charge is 2.25. The zero-order valence-corrected chi connectivity index (χ0v) is 10.9. The van der Waals surface area contributed by atoms with E-state index in [-0.39, 0.29) is 0 Å². The summed E-state index contributed by atoms with van der Waals surface area (Å²) in [6.07, 6.45) is 0. The summed E-state index contributed by atoms with van der Waals surface area (Å²) < 4.78 is 17.9. The van der Waals surface area contributed by atoms with E-state index in [1.807, 2.05) is 12.1 Å². The van der Waals surface area contributed by atoms with E-state index in [2.05, 4.69) is 21.1 Å². The third kappa shape index (κ3) is 4.27. The zero-order chi connectivity index (χ0) is 12.2. The van der Waals surface area contributed by atoms with Crippen LogP contribution in [0.5, 0.6) is 0 Å². The van der Waals surface area contributed by atoms with Crippen LogP contribution in [0.25, 0.3) is 0 Å². The van der Waals surface area contributed by atoms with Gasteiger partial charge >= 0.3 is 8.03 Å². The number of nitrogens with two attached hydrogens (primary N) is 1. The van der Waals surface area contributed by atoms with E-state index in [1.165, 1.54) is 0 Å². The summed E-state index contributed by atoms with van der Waals surface area (Å²) >= 11 is 0. The van der Waals surface area contributed by atoms with Crippen LogP contribution < -0.4 is 11.0 Å². The van der Waals surface area contributed by atoms with Crippen molar-refractivity contribution in [1.29, 1.82) is 0 Å². The molecular weight excluding hydrogens is 223 g/mol. The predicted octanol–water partition coefficient (Wildman–Crippen LogP) is 1.36. The standard InChI is InChI=1S/C11H19N2O2P/c1-13(2,3)8-9-15-16(14)11-7-5-4-6-10(11)12/h4-7H,8-9,12H2,1-3H3/q+2. The molecule has 16 heavy (non-hydrogen) atoms. The lowest BCUT2D eigenvalue weighted by molar-refractivity contribution is -0.870. The van der Waals surface area contributed by atoms with Crippen LogP contribution in [-0.4, -0.2) is 38.8 Å². The molecule has 0 aliphatic carbocycles. The van der Waals surface area contributed by atoms with Crippen molar-refractivity contribution in [3.63, 3.8) is 0 Å². The molecule has 1 unspecified atom stereocenters. The Kier molecular flexibility index (Phi) is 4.42. The Bertz CT molecular complexity index is 374. The van der Waals surface area contributed by atoms with Crippen molar-refractivity contribution in [2.45, 2.75) is 0 Å². The Labute approximate surface area is 97.5 Å². The van der Waals surface area contributed by atoms with Gasteiger partial charge in [0.25, 0.3) is 0 Å². The molecule has 2 N–H and O–H groups in total. The summed E-state index contributed by atoms with van der Waals surface area (Å²) in [5.41, 5.74) is 6.23. The van der Waals surface area contributed by atoms with Crippen molar-refractivity contribution < 1.29 is 13.6 Å². The summed E-state index contributed by atoms with van der Waals surface area (Å²) in [5.74, 6) is 0. The van der Waals surface area contributed by atoms with E-state index in [0.29, 0.717) is 17.6 Å². The second-order valence-corrected chi connectivity index (χ2v) is 5.92. The van der Waals surface area contributed by atoms with E-state index in [4.69, 9.17) is 10.3 Å². The fraction of sp³-hybridized carbons (Fsp3) is 0.455. The van der Waals surface area contributed by atoms with Gasteiger partial charge < -0.3 is 10.2 Å². The van der Waals surface area contributed by atoms with Crippen LogP contribution in [0.15, 0.2) is 24.3 Å². The Morgan fingerprint density at radius 2 is 1.94 bits per heavy atom. The molecule has 1 atom stereocenters. The lowest BCUT2D eigenvalue weighted by Crippen LogP contribution is -2.37. The van der Waals surface area contributed by atoms with Gasteiger partial charge in [-0.2, -0.15) is 0 Å². The molecule has 0 aliphatic rings. The molecule has 1 aromatic rings. The molecule has 5 heteroatoms. The zero-order valence-electron chi connectivity index (χ0n) is 10.0. The Morgan fingerprint density at radius 3 is 2.50 bits per heavy atom. The first kappa shape index (κ1) is 13.1. The average Bonchev–Trinajstić information content (AvgIpc) is 2.16. The minimum Gasteiger partial charge on any atom is -0.395 e. The van der Waals surface area contributed by atoms with Gasteiger partial charge in [0.2, 0.25) is 5.30 Å². The number of nitrogen functional groups attached to an aromatic ring is 1. The molecule has 0 bridgehead atoms. The van der Waals surface area contributed by atoms with Gasteiger partial charge in [0.05, 0.1) is 26.8 Å². The largest absolute Gasteiger partial charge is 0.551 e. The second kappa shape index (κ2) is 5.39. The van der Waals surface area contributed by atoms with E-state index in [1.54, 1.807) is 12.1 Å². The molecule has 0 radical (unpaired) electrons. The first-order valence-corrected chi connectivity index (χ1v) is 6.33. The number of anilines is 1. The normalized spacial score (nSPS) is 12.6. The van der Waals surface area contributed by atoms with Crippen LogP contribution in [0.4, 0.5) is 5.69 Å². The Hall–Kier alpha value is -0.960. The SMILES string of the molecule is C[N+](C)(C)CCO[P+](=O)c1ccccc1N. The predicted molar refractivity (Wildman–Crippen MR) is 66.9 cm³/mol. The molecule has 0 spiro atoms. The average molecular weight is 242 g/mol. The molecule has 0 aliphatic heterocycles. The molecule has 0 saturated heterocycles. The van der Waals surface area contributed by atoms with E-state index < -0.39 is 8.03 Å². The van der Waals surface area contributed by atoms with Crippen LogP contribution in [0.3, 0.4) is 0 Å². The monoisotopic (exact) mass is 242 g/mol. The molecule has 4 nitrogen and oxygen atoms in total. The molecule has 0 heterocycles. The van der Waals surface area contributed by atoms with Crippen molar-refractivity contribution in [2.75, 3.05) is 40.0 Å². The highest BCUT2D eigenvalue weighted by Crippen LogP contribution is 2.24. The first-order valence-electron chi connectivity index (χ1n) is 5.15. The van der Waals surface area contributed by atoms with Crippen LogP contribution in [0.2, 0.25) is 0 Å². The molecule has 1 aromatic carbocycles. The van der Waals surface area contributed by atoms with Gasteiger partial charge in [-0.3, -0.25) is 0 Å². The third-order valence-electron chi connectivity index (χ3n) is 2.10. The summed E-state index contributed by atoms with van der Waals surface area (Å²) in [5, 5.41) is 0.582. The van der Waals surface area contributed by atoms with E-state index in [9.17, 15) is 4.57 Å². The van der Waals surface area contributed by atoms with Gasteiger partial charge in [0, 0.05) is 0 Å². The number of nitrogens with zero attached hydrogens (tertiary/aromatic N) is 1. The lowest BCUT2D eigenvalue weighted by atomic mass is 10.3. The van der Waals surface area contributed by atoms with Crippen molar-refractivity contribution >= 4 is 19.0 Å². The Balaban J connectivity index is 2.51.